The minimum absolute atomic E-state index is 0.260. The van der Waals surface area contributed by atoms with Gasteiger partial charge in [-0.25, -0.2) is 9.78 Å². The molecule has 0 spiro atoms. The van der Waals surface area contributed by atoms with Crippen molar-refractivity contribution in [2.24, 2.45) is 0 Å². The smallest absolute Gasteiger partial charge is 0.335 e. The monoisotopic (exact) mass is 276 g/mol. The zero-order chi connectivity index (χ0) is 13.8. The van der Waals surface area contributed by atoms with Gasteiger partial charge in [-0.1, -0.05) is 6.92 Å². The molecule has 0 aliphatic rings. The molecule has 0 aliphatic heterocycles. The van der Waals surface area contributed by atoms with E-state index in [1.165, 1.54) is 9.75 Å². The molecule has 0 aromatic carbocycles. The number of rotatable bonds is 5. The predicted octanol–water partition coefficient (Wildman–Crippen LogP) is 3.32. The van der Waals surface area contributed by atoms with Gasteiger partial charge in [0.1, 0.15) is 5.82 Å². The second-order valence-electron chi connectivity index (χ2n) is 4.26. The van der Waals surface area contributed by atoms with E-state index in [1.807, 2.05) is 0 Å². The largest absolute Gasteiger partial charge is 0.478 e. The lowest BCUT2D eigenvalue weighted by molar-refractivity contribution is 0.0696. The van der Waals surface area contributed by atoms with Gasteiger partial charge in [-0.2, -0.15) is 0 Å². The number of thiophene rings is 1. The zero-order valence-corrected chi connectivity index (χ0v) is 11.8. The van der Waals surface area contributed by atoms with Crippen LogP contribution in [0, 0.1) is 6.92 Å². The van der Waals surface area contributed by atoms with Crippen LogP contribution in [-0.2, 0) is 13.0 Å². The van der Waals surface area contributed by atoms with E-state index in [0.717, 1.165) is 6.42 Å². The Balaban J connectivity index is 2.08. The third-order valence-corrected chi connectivity index (χ3v) is 3.94. The number of carboxylic acids is 1. The molecule has 19 heavy (non-hydrogen) atoms. The van der Waals surface area contributed by atoms with Crippen molar-refractivity contribution >= 4 is 23.1 Å². The molecule has 0 unspecified atom stereocenters. The van der Waals surface area contributed by atoms with Crippen LogP contribution in [0.25, 0.3) is 0 Å². The van der Waals surface area contributed by atoms with E-state index in [2.05, 4.69) is 29.4 Å². The van der Waals surface area contributed by atoms with Gasteiger partial charge in [0.05, 0.1) is 12.1 Å². The number of aromatic carboxylic acids is 1. The highest BCUT2D eigenvalue weighted by molar-refractivity contribution is 7.12. The number of aryl methyl sites for hydroxylation is 2. The number of pyridine rings is 1. The average molecular weight is 276 g/mol. The van der Waals surface area contributed by atoms with Crippen LogP contribution in [0.4, 0.5) is 5.82 Å². The van der Waals surface area contributed by atoms with Crippen molar-refractivity contribution in [3.63, 3.8) is 0 Å². The Kier molecular flexibility index (Phi) is 4.16. The van der Waals surface area contributed by atoms with Crippen molar-refractivity contribution in [1.82, 2.24) is 4.98 Å². The van der Waals surface area contributed by atoms with Crippen molar-refractivity contribution in [2.75, 3.05) is 5.32 Å². The number of nitrogens with zero attached hydrogens (tertiary/aromatic N) is 1. The van der Waals surface area contributed by atoms with Gasteiger partial charge >= 0.3 is 5.97 Å². The van der Waals surface area contributed by atoms with E-state index in [0.29, 0.717) is 18.1 Å². The van der Waals surface area contributed by atoms with E-state index in [4.69, 9.17) is 5.11 Å². The summed E-state index contributed by atoms with van der Waals surface area (Å²) in [6, 6.07) is 7.33. The summed E-state index contributed by atoms with van der Waals surface area (Å²) in [7, 11) is 0. The number of carboxylic acid groups (broad SMARTS) is 1. The van der Waals surface area contributed by atoms with Crippen LogP contribution in [0.1, 0.15) is 32.7 Å². The van der Waals surface area contributed by atoms with Crippen LogP contribution < -0.4 is 5.32 Å². The molecule has 0 saturated heterocycles. The van der Waals surface area contributed by atoms with Crippen LogP contribution in [0.5, 0.6) is 0 Å². The second-order valence-corrected chi connectivity index (χ2v) is 5.52. The lowest BCUT2D eigenvalue weighted by Crippen LogP contribution is -2.04. The fourth-order valence-corrected chi connectivity index (χ4v) is 2.67. The molecule has 2 aromatic rings. The first-order valence-corrected chi connectivity index (χ1v) is 6.93. The minimum atomic E-state index is -0.932. The fraction of sp³-hybridized carbons (Fsp3) is 0.286. The zero-order valence-electron chi connectivity index (χ0n) is 10.9. The lowest BCUT2D eigenvalue weighted by Gasteiger charge is -2.06. The van der Waals surface area contributed by atoms with Gasteiger partial charge in [0.2, 0.25) is 0 Å². The number of nitrogens with one attached hydrogen (secondary N) is 1. The lowest BCUT2D eigenvalue weighted by atomic mass is 10.2. The van der Waals surface area contributed by atoms with Gasteiger partial charge in [0.25, 0.3) is 0 Å². The maximum Gasteiger partial charge on any atom is 0.335 e. The first-order valence-electron chi connectivity index (χ1n) is 6.12. The SMILES string of the molecule is CCc1ccc(CNc2cc(C(=O)O)cc(C)n2)s1. The maximum absolute atomic E-state index is 11.0. The molecule has 2 rings (SSSR count). The third-order valence-electron chi connectivity index (χ3n) is 2.71. The molecule has 0 saturated carbocycles. The Hall–Kier alpha value is -1.88. The highest BCUT2D eigenvalue weighted by Gasteiger charge is 2.07. The average Bonchev–Trinajstić information content (AvgIpc) is 2.83. The highest BCUT2D eigenvalue weighted by Crippen LogP contribution is 2.18. The van der Waals surface area contributed by atoms with E-state index in [9.17, 15) is 4.79 Å². The van der Waals surface area contributed by atoms with Crippen molar-refractivity contribution in [2.45, 2.75) is 26.8 Å². The van der Waals surface area contributed by atoms with Crippen molar-refractivity contribution in [3.05, 3.63) is 45.3 Å². The van der Waals surface area contributed by atoms with E-state index in [1.54, 1.807) is 30.4 Å². The third kappa shape index (κ3) is 3.54. The molecule has 0 aliphatic carbocycles. The summed E-state index contributed by atoms with van der Waals surface area (Å²) in [5.41, 5.74) is 0.957. The number of anilines is 1. The second kappa shape index (κ2) is 5.84. The molecule has 2 heterocycles. The summed E-state index contributed by atoms with van der Waals surface area (Å²) in [5, 5.41) is 12.2. The number of carbonyl (C=O) groups is 1. The molecule has 100 valence electrons. The van der Waals surface area contributed by atoms with E-state index in [-0.39, 0.29) is 5.56 Å². The maximum atomic E-state index is 11.0. The molecule has 5 heteroatoms. The van der Waals surface area contributed by atoms with Crippen LogP contribution in [0.2, 0.25) is 0 Å². The Morgan fingerprint density at radius 3 is 2.74 bits per heavy atom. The normalized spacial score (nSPS) is 10.4. The Labute approximate surface area is 116 Å². The summed E-state index contributed by atoms with van der Waals surface area (Å²) in [6.07, 6.45) is 1.04. The molecule has 0 radical (unpaired) electrons. The molecular weight excluding hydrogens is 260 g/mol. The summed E-state index contributed by atoms with van der Waals surface area (Å²) in [4.78, 5) is 17.8. The van der Waals surface area contributed by atoms with Gasteiger partial charge in [-0.05, 0) is 37.6 Å². The summed E-state index contributed by atoms with van der Waals surface area (Å²) < 4.78 is 0. The van der Waals surface area contributed by atoms with E-state index < -0.39 is 5.97 Å². The van der Waals surface area contributed by atoms with Crippen molar-refractivity contribution in [1.29, 1.82) is 0 Å². The Morgan fingerprint density at radius 2 is 2.11 bits per heavy atom. The Bertz CT molecular complexity index is 593. The first-order chi connectivity index (χ1) is 9.08. The summed E-state index contributed by atoms with van der Waals surface area (Å²) >= 11 is 1.76. The highest BCUT2D eigenvalue weighted by atomic mass is 32.1. The first kappa shape index (κ1) is 13.5. The number of hydrogen-bond acceptors (Lipinski definition) is 4. The number of aromatic nitrogens is 1. The molecular formula is C14H16N2O2S. The standard InChI is InChI=1S/C14H16N2O2S/c1-3-11-4-5-12(19-11)8-15-13-7-10(14(17)18)6-9(2)16-13/h4-7H,3,8H2,1-2H3,(H,15,16)(H,17,18). The molecule has 0 fully saturated rings. The van der Waals surface area contributed by atoms with Gasteiger partial charge < -0.3 is 10.4 Å². The molecule has 2 N–H and O–H groups in total. The van der Waals surface area contributed by atoms with Crippen LogP contribution >= 0.6 is 11.3 Å². The van der Waals surface area contributed by atoms with Crippen LogP contribution in [-0.4, -0.2) is 16.1 Å². The molecule has 0 atom stereocenters. The van der Waals surface area contributed by atoms with Gasteiger partial charge in [0.15, 0.2) is 0 Å². The van der Waals surface area contributed by atoms with Crippen molar-refractivity contribution in [3.8, 4) is 0 Å². The van der Waals surface area contributed by atoms with Gasteiger partial charge in [0, 0.05) is 15.4 Å². The summed E-state index contributed by atoms with van der Waals surface area (Å²) in [6.45, 7) is 4.59. The van der Waals surface area contributed by atoms with Crippen molar-refractivity contribution < 1.29 is 9.90 Å². The van der Waals surface area contributed by atoms with Crippen LogP contribution in [0.15, 0.2) is 24.3 Å². The van der Waals surface area contributed by atoms with Gasteiger partial charge in [-0.3, -0.25) is 0 Å². The Morgan fingerprint density at radius 1 is 1.37 bits per heavy atom. The molecule has 2 aromatic heterocycles. The minimum Gasteiger partial charge on any atom is -0.478 e. The van der Waals surface area contributed by atoms with Crippen LogP contribution in [0.3, 0.4) is 0 Å². The summed E-state index contributed by atoms with van der Waals surface area (Å²) in [5.74, 6) is -0.332. The molecule has 0 bridgehead atoms. The topological polar surface area (TPSA) is 62.2 Å². The predicted molar refractivity (Wildman–Crippen MR) is 77.0 cm³/mol. The van der Waals surface area contributed by atoms with E-state index >= 15 is 0 Å². The molecule has 4 nitrogen and oxygen atoms in total. The molecule has 0 amide bonds. The fourth-order valence-electron chi connectivity index (χ4n) is 1.77. The quantitative estimate of drug-likeness (QED) is 0.879. The number of hydrogen-bond donors (Lipinski definition) is 2. The van der Waals surface area contributed by atoms with Gasteiger partial charge in [-0.15, -0.1) is 11.3 Å².